The highest BCUT2D eigenvalue weighted by Gasteiger charge is 2.36. The van der Waals surface area contributed by atoms with E-state index in [0.717, 1.165) is 12.1 Å². The second kappa shape index (κ2) is 36.5. The molecule has 4 aromatic rings. The summed E-state index contributed by atoms with van der Waals surface area (Å²) in [6.45, 7) is 8.47. The number of hydrogen-bond acceptors (Lipinski definition) is 16. The summed E-state index contributed by atoms with van der Waals surface area (Å²) in [6, 6.07) is 8.50. The Morgan fingerprint density at radius 3 is 1.46 bits per heavy atom. The second-order valence-electron chi connectivity index (χ2n) is 22.7. The number of unbranched alkanes of at least 4 members (excludes halogenated alkanes) is 3. The Bertz CT molecular complexity index is 3250. The van der Waals surface area contributed by atoms with Gasteiger partial charge in [-0.2, -0.15) is 8.42 Å². The van der Waals surface area contributed by atoms with E-state index in [-0.39, 0.29) is 62.8 Å². The molecule has 0 radical (unpaired) electrons. The Morgan fingerprint density at radius 2 is 0.967 bits per heavy atom. The van der Waals surface area contributed by atoms with Gasteiger partial charge in [0.15, 0.2) is 0 Å². The van der Waals surface area contributed by atoms with Crippen molar-refractivity contribution in [1.29, 1.82) is 0 Å². The van der Waals surface area contributed by atoms with Gasteiger partial charge in [0.1, 0.15) is 59.7 Å². The third-order valence-electron chi connectivity index (χ3n) is 14.1. The summed E-state index contributed by atoms with van der Waals surface area (Å²) in [5.41, 5.74) is 12.6. The number of nitrogens with two attached hydrogens (primary N) is 2. The van der Waals surface area contributed by atoms with Gasteiger partial charge in [0.2, 0.25) is 47.3 Å². The first-order valence-electron chi connectivity index (χ1n) is 29.9. The summed E-state index contributed by atoms with van der Waals surface area (Å²) in [5.74, 6) is -10.7. The Labute approximate surface area is 527 Å². The fourth-order valence-electron chi connectivity index (χ4n) is 9.44. The minimum atomic E-state index is -4.94. The van der Waals surface area contributed by atoms with E-state index < -0.39 is 149 Å². The number of carbonyl (C=O) groups is 11. The quantitative estimate of drug-likeness (QED) is 0.0224. The Balaban J connectivity index is 1.69. The first kappa shape index (κ1) is 74.3. The van der Waals surface area contributed by atoms with Crippen molar-refractivity contribution < 1.29 is 84.8 Å². The van der Waals surface area contributed by atoms with E-state index in [1.54, 1.807) is 81.6 Å². The summed E-state index contributed by atoms with van der Waals surface area (Å²) in [4.78, 5) is 153. The lowest BCUT2D eigenvalue weighted by Gasteiger charge is -2.28. The van der Waals surface area contributed by atoms with Crippen LogP contribution in [0.3, 0.4) is 0 Å². The number of carbonyl (C=O) groups excluding carboxylic acids is 9. The molecule has 8 atom stereocenters. The van der Waals surface area contributed by atoms with Crippen molar-refractivity contribution >= 4 is 86.6 Å². The van der Waals surface area contributed by atoms with E-state index in [0.29, 0.717) is 54.1 Å². The molecule has 0 unspecified atom stereocenters. The number of hydrogen-bond donors (Lipinski definition) is 14. The molecule has 0 saturated carbocycles. The fourth-order valence-corrected chi connectivity index (χ4v) is 9.80. The van der Waals surface area contributed by atoms with Gasteiger partial charge in [0.05, 0.1) is 6.42 Å². The molecule has 30 heteroatoms. The number of fused-ring (bicyclic) bond motifs is 1. The SMILES string of the molecule is CCCC[C@H](NC(=O)[C@H](Cc1c[nH]c2ccccc12)NC(=O)[C@@H](CCCCN)NC(=O)[C@H](CCCC)NC(=O)[C@H](Cc1ccc(OS(=O)(=O)O)cc1)NC(=O)[C@@H](CCC(=O)O)NC(=O)OC(C)(C)C)C(=O)N[C@@H](CC(=O)O)C(=O)N[C@@H](Cc1ccccc1)C(N)=O. The number of amides is 9. The molecule has 91 heavy (non-hydrogen) atoms. The number of benzene rings is 3. The number of alkyl carbamates (subject to hydrolysis) is 1. The van der Waals surface area contributed by atoms with Crippen LogP contribution in [0.2, 0.25) is 0 Å². The minimum Gasteiger partial charge on any atom is -0.481 e. The number of aromatic amines is 1. The molecule has 0 aliphatic rings. The number of ether oxygens (including phenoxy) is 1. The van der Waals surface area contributed by atoms with E-state index in [1.165, 1.54) is 12.1 Å². The first-order valence-corrected chi connectivity index (χ1v) is 31.3. The second-order valence-corrected chi connectivity index (χ2v) is 23.8. The Kier molecular flexibility index (Phi) is 29.8. The molecule has 9 amide bonds. The fraction of sp³-hybridized carbons (Fsp3) is 0.492. The molecule has 1 aromatic heterocycles. The third kappa shape index (κ3) is 26.8. The van der Waals surface area contributed by atoms with Gasteiger partial charge in [0.25, 0.3) is 0 Å². The van der Waals surface area contributed by atoms with E-state index in [4.69, 9.17) is 16.2 Å². The topological polar surface area (TPSA) is 465 Å². The molecule has 1 heterocycles. The number of carboxylic acids is 2. The van der Waals surface area contributed by atoms with Crippen molar-refractivity contribution in [3.8, 4) is 5.75 Å². The molecule has 29 nitrogen and oxygen atoms in total. The lowest BCUT2D eigenvalue weighted by Crippen LogP contribution is -2.61. The zero-order valence-corrected chi connectivity index (χ0v) is 52.4. The van der Waals surface area contributed by atoms with Gasteiger partial charge in [-0.15, -0.1) is 0 Å². The highest BCUT2D eigenvalue weighted by Crippen LogP contribution is 2.21. The monoisotopic (exact) mass is 1290 g/mol. The molecular formula is C61H85N11O18S. The van der Waals surface area contributed by atoms with Gasteiger partial charge in [-0.3, -0.25) is 52.5 Å². The number of aliphatic carboxylic acids is 2. The highest BCUT2D eigenvalue weighted by atomic mass is 32.3. The Morgan fingerprint density at radius 1 is 0.527 bits per heavy atom. The average Bonchev–Trinajstić information content (AvgIpc) is 1.81. The van der Waals surface area contributed by atoms with Crippen LogP contribution in [0.4, 0.5) is 4.79 Å². The molecule has 0 spiro atoms. The summed E-state index contributed by atoms with van der Waals surface area (Å²) in [5, 5.41) is 40.6. The molecule has 0 aliphatic heterocycles. The number of H-pyrrole nitrogens is 1. The average molecular weight is 1290 g/mol. The van der Waals surface area contributed by atoms with E-state index in [2.05, 4.69) is 51.7 Å². The van der Waals surface area contributed by atoms with Crippen molar-refractivity contribution in [2.45, 2.75) is 185 Å². The third-order valence-corrected chi connectivity index (χ3v) is 14.5. The van der Waals surface area contributed by atoms with E-state index in [9.17, 15) is 75.9 Å². The van der Waals surface area contributed by atoms with Crippen molar-refractivity contribution in [1.82, 2.24) is 47.5 Å². The molecule has 16 N–H and O–H groups in total. The normalized spacial score (nSPS) is 14.1. The summed E-state index contributed by atoms with van der Waals surface area (Å²) >= 11 is 0. The molecule has 498 valence electrons. The van der Waals surface area contributed by atoms with Gasteiger partial charge in [-0.1, -0.05) is 100 Å². The number of primary amides is 1. The van der Waals surface area contributed by atoms with Crippen LogP contribution in [0.25, 0.3) is 10.9 Å². The van der Waals surface area contributed by atoms with Crippen molar-refractivity contribution in [2.24, 2.45) is 11.5 Å². The number of rotatable bonds is 39. The predicted molar refractivity (Wildman–Crippen MR) is 331 cm³/mol. The summed E-state index contributed by atoms with van der Waals surface area (Å²) in [7, 11) is -4.94. The van der Waals surface area contributed by atoms with Crippen LogP contribution >= 0.6 is 0 Å². The lowest BCUT2D eigenvalue weighted by molar-refractivity contribution is -0.141. The highest BCUT2D eigenvalue weighted by molar-refractivity contribution is 7.81. The number of aromatic nitrogens is 1. The molecule has 0 bridgehead atoms. The van der Waals surface area contributed by atoms with Gasteiger partial charge in [-0.25, -0.2) is 4.79 Å². The maximum Gasteiger partial charge on any atom is 0.446 e. The zero-order valence-electron chi connectivity index (χ0n) is 51.5. The first-order chi connectivity index (χ1) is 43.0. The van der Waals surface area contributed by atoms with Crippen molar-refractivity contribution in [3.05, 3.63) is 102 Å². The zero-order chi connectivity index (χ0) is 67.4. The summed E-state index contributed by atoms with van der Waals surface area (Å²) < 4.78 is 41.8. The molecular weight excluding hydrogens is 1210 g/mol. The Hall–Kier alpha value is -9.16. The van der Waals surface area contributed by atoms with Gasteiger partial charge < -0.3 is 78.1 Å². The van der Waals surface area contributed by atoms with Crippen LogP contribution in [-0.4, -0.2) is 154 Å². The number of para-hydroxylation sites is 1. The van der Waals surface area contributed by atoms with Gasteiger partial charge in [0, 0.05) is 42.8 Å². The summed E-state index contributed by atoms with van der Waals surface area (Å²) in [6.07, 6.45) is 0.128. The van der Waals surface area contributed by atoms with Crippen LogP contribution < -0.4 is 58.2 Å². The van der Waals surface area contributed by atoms with Crippen LogP contribution in [-0.2, 0) is 82.3 Å². The van der Waals surface area contributed by atoms with Gasteiger partial charge in [-0.05, 0) is 101 Å². The van der Waals surface area contributed by atoms with Gasteiger partial charge >= 0.3 is 28.4 Å². The smallest absolute Gasteiger partial charge is 0.446 e. The number of nitrogens with one attached hydrogen (secondary N) is 9. The number of carboxylic acid groups (broad SMARTS) is 2. The molecule has 3 aromatic carbocycles. The molecule has 0 saturated heterocycles. The van der Waals surface area contributed by atoms with E-state index >= 15 is 0 Å². The minimum absolute atomic E-state index is 0.0269. The molecule has 0 fully saturated rings. The van der Waals surface area contributed by atoms with E-state index in [1.807, 2.05) is 13.8 Å². The predicted octanol–water partition coefficient (Wildman–Crippen LogP) is 2.00. The standard InChI is InChI=1S/C61H85N11O18S/c1-6-8-20-42(66-57(82)47(32-37-24-26-39(27-25-37)90-91(86,87)88)69-56(81)45(28-29-50(73)74)72-60(85)89-61(3,4)5)53(78)65-44(23-15-16-30-62)55(80)70-48(33-38-35-64-41-22-14-13-19-40(38)41)58(83)67-43(21-9-7-2)54(79)71-49(34-51(75)76)59(84)68-46(52(63)77)31-36-17-11-10-12-18-36/h10-14,17-19,22,24-27,35,42-49,64H,6-9,15-16,20-21,23,28-34,62H2,1-5H3,(H2,63,77)(H,65,78)(H,66,82)(H,67,83)(H,68,84)(H,69,81)(H,70,80)(H,71,79)(H,72,85)(H,73,74)(H,75,76)(H,86,87,88)/t42-,43-,44+,45+,46-,47-,48-,49-/m0/s1. The van der Waals surface area contributed by atoms with Crippen LogP contribution in [0.5, 0.6) is 5.75 Å². The largest absolute Gasteiger partial charge is 0.481 e. The molecule has 4 rings (SSSR count). The van der Waals surface area contributed by atoms with Crippen LogP contribution in [0.15, 0.2) is 85.1 Å². The maximum absolute atomic E-state index is 14.8. The van der Waals surface area contributed by atoms with Crippen molar-refractivity contribution in [2.75, 3.05) is 6.54 Å². The lowest BCUT2D eigenvalue weighted by atomic mass is 10.0. The maximum atomic E-state index is 14.8. The van der Waals surface area contributed by atoms with Crippen molar-refractivity contribution in [3.63, 3.8) is 0 Å². The van der Waals surface area contributed by atoms with Crippen LogP contribution in [0, 0.1) is 0 Å². The molecule has 0 aliphatic carbocycles. The van der Waals surface area contributed by atoms with Crippen LogP contribution in [0.1, 0.15) is 128 Å².